The Morgan fingerprint density at radius 1 is 0.880 bits per heavy atom. The Morgan fingerprint density at radius 2 is 1.56 bits per heavy atom. The van der Waals surface area contributed by atoms with Crippen molar-refractivity contribution in [2.24, 2.45) is 5.73 Å². The predicted molar refractivity (Wildman–Crippen MR) is 97.7 cm³/mol. The van der Waals surface area contributed by atoms with E-state index >= 15 is 0 Å². The summed E-state index contributed by atoms with van der Waals surface area (Å²) in [5.74, 6) is 0.350. The molecule has 3 aromatic carbocycles. The minimum absolute atomic E-state index is 0.312. The highest BCUT2D eigenvalue weighted by Gasteiger charge is 2.21. The molecule has 4 rings (SSSR count). The topological polar surface area (TPSA) is 43.8 Å². The molecule has 4 aromatic rings. The molecular weight excluding hydrogens is 313 g/mol. The molecule has 0 spiro atoms. The van der Waals surface area contributed by atoms with Crippen molar-refractivity contribution < 1.29 is 4.39 Å². The summed E-state index contributed by atoms with van der Waals surface area (Å²) in [6.45, 7) is 0.638. The van der Waals surface area contributed by atoms with E-state index in [2.05, 4.69) is 16.7 Å². The highest BCUT2D eigenvalue weighted by molar-refractivity contribution is 5.76. The maximum Gasteiger partial charge on any atom is 0.131 e. The summed E-state index contributed by atoms with van der Waals surface area (Å²) in [6.07, 6.45) is 0. The quantitative estimate of drug-likeness (QED) is 0.607. The third-order valence-corrected chi connectivity index (χ3v) is 4.39. The van der Waals surface area contributed by atoms with Gasteiger partial charge in [0.1, 0.15) is 11.6 Å². The standard InChI is InChI=1S/C21H18FN3/c22-17-11-5-4-10-16(17)20(23)21-24-18-12-6-7-13-19(18)25(21)14-15-8-2-1-3-9-15/h1-13,20H,14,23H2. The monoisotopic (exact) mass is 331 g/mol. The van der Waals surface area contributed by atoms with Gasteiger partial charge in [-0.2, -0.15) is 0 Å². The lowest BCUT2D eigenvalue weighted by atomic mass is 10.1. The highest BCUT2D eigenvalue weighted by atomic mass is 19.1. The van der Waals surface area contributed by atoms with Crippen LogP contribution in [0.15, 0.2) is 78.9 Å². The number of imidazole rings is 1. The van der Waals surface area contributed by atoms with Crippen LogP contribution in [0.25, 0.3) is 11.0 Å². The summed E-state index contributed by atoms with van der Waals surface area (Å²) in [5.41, 5.74) is 9.86. The molecule has 0 radical (unpaired) electrons. The zero-order valence-electron chi connectivity index (χ0n) is 13.6. The Hall–Kier alpha value is -2.98. The first-order valence-corrected chi connectivity index (χ1v) is 8.23. The Bertz CT molecular complexity index is 1010. The number of hydrogen-bond donors (Lipinski definition) is 1. The van der Waals surface area contributed by atoms with Gasteiger partial charge in [-0.3, -0.25) is 0 Å². The van der Waals surface area contributed by atoms with Crippen LogP contribution in [-0.4, -0.2) is 9.55 Å². The zero-order valence-corrected chi connectivity index (χ0v) is 13.6. The maximum absolute atomic E-state index is 14.2. The molecule has 1 aromatic heterocycles. The van der Waals surface area contributed by atoms with E-state index in [1.165, 1.54) is 6.07 Å². The van der Waals surface area contributed by atoms with Crippen LogP contribution < -0.4 is 5.73 Å². The van der Waals surface area contributed by atoms with E-state index in [4.69, 9.17) is 10.7 Å². The van der Waals surface area contributed by atoms with Gasteiger partial charge in [0.25, 0.3) is 0 Å². The first-order valence-electron chi connectivity index (χ1n) is 8.23. The molecule has 0 saturated heterocycles. The Morgan fingerprint density at radius 3 is 2.36 bits per heavy atom. The molecular formula is C21H18FN3. The van der Waals surface area contributed by atoms with Gasteiger partial charge < -0.3 is 10.3 Å². The van der Waals surface area contributed by atoms with Gasteiger partial charge in [0, 0.05) is 12.1 Å². The van der Waals surface area contributed by atoms with Gasteiger partial charge in [-0.05, 0) is 23.8 Å². The molecule has 1 unspecified atom stereocenters. The Kier molecular flexibility index (Phi) is 4.04. The molecule has 0 bridgehead atoms. The molecule has 0 amide bonds. The van der Waals surface area contributed by atoms with Crippen LogP contribution in [0.2, 0.25) is 0 Å². The summed E-state index contributed by atoms with van der Waals surface area (Å²) < 4.78 is 16.3. The van der Waals surface area contributed by atoms with Gasteiger partial charge in [0.2, 0.25) is 0 Å². The Balaban J connectivity index is 1.85. The highest BCUT2D eigenvalue weighted by Crippen LogP contribution is 2.26. The van der Waals surface area contributed by atoms with Gasteiger partial charge in [-0.15, -0.1) is 0 Å². The molecule has 0 fully saturated rings. The van der Waals surface area contributed by atoms with Crippen molar-refractivity contribution in [2.75, 3.05) is 0 Å². The molecule has 4 heteroatoms. The van der Waals surface area contributed by atoms with Gasteiger partial charge in [-0.25, -0.2) is 9.37 Å². The normalized spacial score (nSPS) is 12.4. The van der Waals surface area contributed by atoms with Crippen LogP contribution in [0, 0.1) is 5.82 Å². The summed E-state index contributed by atoms with van der Waals surface area (Å²) in [4.78, 5) is 4.70. The van der Waals surface area contributed by atoms with Crippen molar-refractivity contribution in [1.29, 1.82) is 0 Å². The van der Waals surface area contributed by atoms with E-state index in [0.717, 1.165) is 16.6 Å². The van der Waals surface area contributed by atoms with E-state index in [1.54, 1.807) is 18.2 Å². The Labute approximate surface area is 145 Å². The summed E-state index contributed by atoms with van der Waals surface area (Å²) in [7, 11) is 0. The number of nitrogens with zero attached hydrogens (tertiary/aromatic N) is 2. The van der Waals surface area contributed by atoms with E-state index < -0.39 is 6.04 Å². The summed E-state index contributed by atoms with van der Waals surface area (Å²) in [6, 6.07) is 24.0. The number of benzene rings is 3. The van der Waals surface area contributed by atoms with Crippen molar-refractivity contribution in [3.8, 4) is 0 Å². The van der Waals surface area contributed by atoms with E-state index in [1.807, 2.05) is 42.5 Å². The number of para-hydroxylation sites is 2. The SMILES string of the molecule is NC(c1ccccc1F)c1nc2ccccc2n1Cc1ccccc1. The molecule has 0 aliphatic rings. The fourth-order valence-electron chi connectivity index (χ4n) is 3.13. The molecule has 124 valence electrons. The van der Waals surface area contributed by atoms with Crippen LogP contribution in [0.5, 0.6) is 0 Å². The molecule has 0 aliphatic heterocycles. The summed E-state index contributed by atoms with van der Waals surface area (Å²) >= 11 is 0. The van der Waals surface area contributed by atoms with Gasteiger partial charge in [-0.1, -0.05) is 60.7 Å². The second kappa shape index (κ2) is 6.49. The lowest BCUT2D eigenvalue weighted by Gasteiger charge is -2.16. The van der Waals surface area contributed by atoms with Crippen LogP contribution in [0.3, 0.4) is 0 Å². The minimum Gasteiger partial charge on any atom is -0.322 e. The number of fused-ring (bicyclic) bond motifs is 1. The van der Waals surface area contributed by atoms with Gasteiger partial charge >= 0.3 is 0 Å². The fourth-order valence-corrected chi connectivity index (χ4v) is 3.13. The molecule has 3 nitrogen and oxygen atoms in total. The number of halogens is 1. The molecule has 1 heterocycles. The summed E-state index contributed by atoms with van der Waals surface area (Å²) in [5, 5.41) is 0. The molecule has 0 saturated carbocycles. The molecule has 1 atom stereocenters. The van der Waals surface area contributed by atoms with Crippen LogP contribution in [0.1, 0.15) is 23.0 Å². The van der Waals surface area contributed by atoms with Crippen molar-refractivity contribution in [3.05, 3.63) is 102 Å². The molecule has 0 aliphatic carbocycles. The minimum atomic E-state index is -0.627. The number of rotatable bonds is 4. The second-order valence-electron chi connectivity index (χ2n) is 6.03. The first-order chi connectivity index (χ1) is 12.2. The van der Waals surface area contributed by atoms with Crippen LogP contribution in [-0.2, 0) is 6.54 Å². The maximum atomic E-state index is 14.2. The van der Waals surface area contributed by atoms with Crippen molar-refractivity contribution in [1.82, 2.24) is 9.55 Å². The number of hydrogen-bond acceptors (Lipinski definition) is 2. The predicted octanol–water partition coefficient (Wildman–Crippen LogP) is 4.27. The lowest BCUT2D eigenvalue weighted by Crippen LogP contribution is -2.19. The smallest absolute Gasteiger partial charge is 0.131 e. The fraction of sp³-hybridized carbons (Fsp3) is 0.0952. The average molecular weight is 331 g/mol. The van der Waals surface area contributed by atoms with Crippen molar-refractivity contribution in [3.63, 3.8) is 0 Å². The largest absolute Gasteiger partial charge is 0.322 e. The second-order valence-corrected chi connectivity index (χ2v) is 6.03. The lowest BCUT2D eigenvalue weighted by molar-refractivity contribution is 0.585. The third kappa shape index (κ3) is 2.92. The van der Waals surface area contributed by atoms with Gasteiger partial charge in [0.15, 0.2) is 0 Å². The average Bonchev–Trinajstić information content (AvgIpc) is 3.01. The third-order valence-electron chi connectivity index (χ3n) is 4.39. The number of nitrogens with two attached hydrogens (primary N) is 1. The van der Waals surface area contributed by atoms with E-state index in [0.29, 0.717) is 17.9 Å². The van der Waals surface area contributed by atoms with E-state index in [-0.39, 0.29) is 5.82 Å². The van der Waals surface area contributed by atoms with Gasteiger partial charge in [0.05, 0.1) is 17.1 Å². The zero-order chi connectivity index (χ0) is 17.2. The molecule has 25 heavy (non-hydrogen) atoms. The first kappa shape index (κ1) is 15.5. The van der Waals surface area contributed by atoms with Crippen LogP contribution >= 0.6 is 0 Å². The van der Waals surface area contributed by atoms with Crippen molar-refractivity contribution in [2.45, 2.75) is 12.6 Å². The molecule has 2 N–H and O–H groups in total. The van der Waals surface area contributed by atoms with Crippen LogP contribution in [0.4, 0.5) is 4.39 Å². The number of aromatic nitrogens is 2. The van der Waals surface area contributed by atoms with Crippen molar-refractivity contribution >= 4 is 11.0 Å². The van der Waals surface area contributed by atoms with E-state index in [9.17, 15) is 4.39 Å².